The molecule has 1 aliphatic carbocycles. The van der Waals surface area contributed by atoms with Crippen LogP contribution >= 0.6 is 0 Å². The second-order valence-corrected chi connectivity index (χ2v) is 4.90. The summed E-state index contributed by atoms with van der Waals surface area (Å²) in [6.45, 7) is 3.76. The molecule has 0 aromatic heterocycles. The van der Waals surface area contributed by atoms with Crippen molar-refractivity contribution in [2.24, 2.45) is 5.92 Å². The minimum Gasteiger partial charge on any atom is -0.459 e. The molecule has 1 heterocycles. The molecule has 13 heavy (non-hydrogen) atoms. The van der Waals surface area contributed by atoms with Gasteiger partial charge in [0.15, 0.2) is 0 Å². The summed E-state index contributed by atoms with van der Waals surface area (Å²) in [5, 5.41) is 9.88. The third-order valence-corrected chi connectivity index (χ3v) is 3.39. The van der Waals surface area contributed by atoms with Crippen molar-refractivity contribution in [1.82, 2.24) is 0 Å². The molecule has 0 aromatic rings. The lowest BCUT2D eigenvalue weighted by molar-refractivity contribution is -0.156. The van der Waals surface area contributed by atoms with E-state index in [1.165, 1.54) is 0 Å². The largest absolute Gasteiger partial charge is 0.459 e. The molecule has 2 rings (SSSR count). The Morgan fingerprint density at radius 2 is 2.23 bits per heavy atom. The lowest BCUT2D eigenvalue weighted by Crippen LogP contribution is -2.46. The van der Waals surface area contributed by atoms with Crippen molar-refractivity contribution in [1.29, 1.82) is 0 Å². The summed E-state index contributed by atoms with van der Waals surface area (Å²) < 4.78 is 5.29. The van der Waals surface area contributed by atoms with Gasteiger partial charge in [0.2, 0.25) is 0 Å². The molecule has 74 valence electrons. The molecule has 0 radical (unpaired) electrons. The fourth-order valence-electron chi connectivity index (χ4n) is 2.72. The molecule has 0 unspecified atom stereocenters. The number of hydrogen-bond acceptors (Lipinski definition) is 3. The van der Waals surface area contributed by atoms with E-state index in [1.807, 2.05) is 13.8 Å². The number of carbonyl (C=O) groups is 1. The number of esters is 1. The minimum atomic E-state index is -0.657. The fraction of sp³-hybridized carbons (Fsp3) is 0.900. The zero-order valence-electron chi connectivity index (χ0n) is 8.17. The van der Waals surface area contributed by atoms with Crippen LogP contribution in [0.25, 0.3) is 0 Å². The van der Waals surface area contributed by atoms with Gasteiger partial charge < -0.3 is 9.84 Å². The summed E-state index contributed by atoms with van der Waals surface area (Å²) in [6.07, 6.45) is 2.79. The van der Waals surface area contributed by atoms with E-state index in [4.69, 9.17) is 4.74 Å². The van der Waals surface area contributed by atoms with E-state index in [1.54, 1.807) is 0 Å². The number of fused-ring (bicyclic) bond motifs is 1. The summed E-state index contributed by atoms with van der Waals surface area (Å²) >= 11 is 0. The summed E-state index contributed by atoms with van der Waals surface area (Å²) in [6, 6.07) is 0. The Balaban J connectivity index is 2.20. The van der Waals surface area contributed by atoms with Crippen LogP contribution in [-0.2, 0) is 9.53 Å². The van der Waals surface area contributed by atoms with Crippen molar-refractivity contribution in [3.8, 4) is 0 Å². The third-order valence-electron chi connectivity index (χ3n) is 3.39. The molecule has 1 aliphatic heterocycles. The van der Waals surface area contributed by atoms with E-state index in [0.29, 0.717) is 18.8 Å². The van der Waals surface area contributed by atoms with Gasteiger partial charge in [0.1, 0.15) is 5.60 Å². The summed E-state index contributed by atoms with van der Waals surface area (Å²) in [7, 11) is 0. The minimum absolute atomic E-state index is 0.106. The first kappa shape index (κ1) is 9.00. The highest BCUT2D eigenvalue weighted by atomic mass is 16.6. The van der Waals surface area contributed by atoms with E-state index in [0.717, 1.165) is 12.8 Å². The molecule has 3 heteroatoms. The molecule has 0 aromatic carbocycles. The number of rotatable bonds is 0. The van der Waals surface area contributed by atoms with Crippen LogP contribution in [-0.4, -0.2) is 22.3 Å². The second-order valence-electron chi connectivity index (χ2n) is 4.90. The Bertz CT molecular complexity index is 247. The predicted molar refractivity (Wildman–Crippen MR) is 47.1 cm³/mol. The van der Waals surface area contributed by atoms with E-state index in [9.17, 15) is 9.90 Å². The monoisotopic (exact) mass is 184 g/mol. The quantitative estimate of drug-likeness (QED) is 0.576. The Kier molecular flexibility index (Phi) is 1.71. The second kappa shape index (κ2) is 2.47. The fourth-order valence-corrected chi connectivity index (χ4v) is 2.72. The summed E-state index contributed by atoms with van der Waals surface area (Å²) in [4.78, 5) is 11.1. The molecule has 1 N–H and O–H groups in total. The van der Waals surface area contributed by atoms with Gasteiger partial charge in [-0.25, -0.2) is 0 Å². The van der Waals surface area contributed by atoms with Crippen LogP contribution < -0.4 is 0 Å². The molecular weight excluding hydrogens is 168 g/mol. The molecule has 3 atom stereocenters. The zero-order valence-corrected chi connectivity index (χ0v) is 8.17. The highest BCUT2D eigenvalue weighted by Crippen LogP contribution is 2.46. The smallest absolute Gasteiger partial charge is 0.306 e. The van der Waals surface area contributed by atoms with E-state index < -0.39 is 11.2 Å². The molecule has 0 spiro atoms. The van der Waals surface area contributed by atoms with Gasteiger partial charge in [-0.15, -0.1) is 0 Å². The topological polar surface area (TPSA) is 46.5 Å². The van der Waals surface area contributed by atoms with Gasteiger partial charge in [-0.05, 0) is 26.7 Å². The normalized spacial score (nSPS) is 50.1. The number of ether oxygens (including phenoxy) is 1. The van der Waals surface area contributed by atoms with E-state index in [-0.39, 0.29) is 5.97 Å². The first-order chi connectivity index (χ1) is 5.91. The SMILES string of the molecule is C[C@]1(O)CC[C@@H]2CC(=O)O[C@@]2(C)C1. The van der Waals surface area contributed by atoms with Crippen LogP contribution in [0.4, 0.5) is 0 Å². The summed E-state index contributed by atoms with van der Waals surface area (Å²) in [5.74, 6) is 0.213. The molecule has 3 nitrogen and oxygen atoms in total. The molecule has 0 bridgehead atoms. The lowest BCUT2D eigenvalue weighted by Gasteiger charge is -2.41. The predicted octanol–water partition coefficient (Wildman–Crippen LogP) is 1.24. The van der Waals surface area contributed by atoms with Gasteiger partial charge in [-0.1, -0.05) is 0 Å². The average Bonchev–Trinajstić information content (AvgIpc) is 2.20. The maximum Gasteiger partial charge on any atom is 0.306 e. The molecule has 1 saturated heterocycles. The van der Waals surface area contributed by atoms with Gasteiger partial charge >= 0.3 is 5.97 Å². The van der Waals surface area contributed by atoms with Crippen LogP contribution in [0, 0.1) is 5.92 Å². The van der Waals surface area contributed by atoms with Crippen LogP contribution in [0.3, 0.4) is 0 Å². The Morgan fingerprint density at radius 1 is 1.54 bits per heavy atom. The van der Waals surface area contributed by atoms with E-state index >= 15 is 0 Å². The highest BCUT2D eigenvalue weighted by Gasteiger charge is 2.52. The van der Waals surface area contributed by atoms with Gasteiger partial charge in [-0.3, -0.25) is 4.79 Å². The Hall–Kier alpha value is -0.570. The molecule has 0 amide bonds. The maximum atomic E-state index is 11.1. The van der Waals surface area contributed by atoms with Crippen molar-refractivity contribution in [3.63, 3.8) is 0 Å². The van der Waals surface area contributed by atoms with Gasteiger partial charge in [0.25, 0.3) is 0 Å². The Labute approximate surface area is 78.1 Å². The molecular formula is C10H16O3. The van der Waals surface area contributed by atoms with Crippen molar-refractivity contribution in [2.75, 3.05) is 0 Å². The average molecular weight is 184 g/mol. The van der Waals surface area contributed by atoms with Crippen LogP contribution in [0.1, 0.15) is 39.5 Å². The van der Waals surface area contributed by atoms with Gasteiger partial charge in [-0.2, -0.15) is 0 Å². The van der Waals surface area contributed by atoms with Crippen molar-refractivity contribution in [2.45, 2.75) is 50.7 Å². The first-order valence-electron chi connectivity index (χ1n) is 4.86. The maximum absolute atomic E-state index is 11.1. The Morgan fingerprint density at radius 3 is 2.92 bits per heavy atom. The highest BCUT2D eigenvalue weighted by molar-refractivity contribution is 5.73. The molecule has 2 fully saturated rings. The van der Waals surface area contributed by atoms with Gasteiger partial charge in [0, 0.05) is 12.3 Å². The number of aliphatic hydroxyl groups is 1. The standard InChI is InChI=1S/C10H16O3/c1-9(12)4-3-7-5-8(11)13-10(7,2)6-9/h7,12H,3-6H2,1-2H3/t7-,9+,10+/m1/s1. The van der Waals surface area contributed by atoms with E-state index in [2.05, 4.69) is 0 Å². The molecule has 2 aliphatic rings. The summed E-state index contributed by atoms with van der Waals surface area (Å²) in [5.41, 5.74) is -1.06. The number of carbonyl (C=O) groups excluding carboxylic acids is 1. The van der Waals surface area contributed by atoms with Crippen molar-refractivity contribution >= 4 is 5.97 Å². The van der Waals surface area contributed by atoms with Crippen molar-refractivity contribution in [3.05, 3.63) is 0 Å². The van der Waals surface area contributed by atoms with Crippen molar-refractivity contribution < 1.29 is 14.6 Å². The first-order valence-corrected chi connectivity index (χ1v) is 4.86. The lowest BCUT2D eigenvalue weighted by atomic mass is 9.70. The van der Waals surface area contributed by atoms with Crippen LogP contribution in [0.15, 0.2) is 0 Å². The molecule has 1 saturated carbocycles. The zero-order chi connectivity index (χ0) is 9.69. The van der Waals surface area contributed by atoms with Gasteiger partial charge in [0.05, 0.1) is 12.0 Å². The number of hydrogen-bond donors (Lipinski definition) is 1. The van der Waals surface area contributed by atoms with Crippen LogP contribution in [0.5, 0.6) is 0 Å². The third kappa shape index (κ3) is 1.46. The van der Waals surface area contributed by atoms with Crippen LogP contribution in [0.2, 0.25) is 0 Å².